The quantitative estimate of drug-likeness (QED) is 0.824. The summed E-state index contributed by atoms with van der Waals surface area (Å²) in [6.07, 6.45) is 9.53. The van der Waals surface area contributed by atoms with Gasteiger partial charge in [0.2, 0.25) is 0 Å². The highest BCUT2D eigenvalue weighted by Gasteiger charge is 2.44. The van der Waals surface area contributed by atoms with E-state index in [1.165, 1.54) is 50.5 Å². The molecular formula is C19H27N3S. The molecule has 0 radical (unpaired) electrons. The molecule has 2 N–H and O–H groups in total. The van der Waals surface area contributed by atoms with Crippen molar-refractivity contribution < 1.29 is 0 Å². The van der Waals surface area contributed by atoms with E-state index in [0.717, 1.165) is 28.9 Å². The molecule has 0 unspecified atom stereocenters. The average Bonchev–Trinajstić information content (AvgIpc) is 3.33. The largest absolute Gasteiger partial charge is 0.360 e. The topological polar surface area (TPSA) is 27.3 Å². The summed E-state index contributed by atoms with van der Waals surface area (Å²) in [5.41, 5.74) is 2.35. The molecule has 4 rings (SSSR count). The fraction of sp³-hybridized carbons (Fsp3) is 0.632. The van der Waals surface area contributed by atoms with E-state index in [1.54, 1.807) is 0 Å². The lowest BCUT2D eigenvalue weighted by Crippen LogP contribution is -2.57. The predicted octanol–water partition coefficient (Wildman–Crippen LogP) is 3.83. The maximum atomic E-state index is 5.57. The molecule has 3 aliphatic rings. The van der Waals surface area contributed by atoms with E-state index in [9.17, 15) is 0 Å². The second kappa shape index (κ2) is 6.40. The Balaban J connectivity index is 1.36. The van der Waals surface area contributed by atoms with Crippen LogP contribution in [0.5, 0.6) is 0 Å². The molecule has 0 aromatic heterocycles. The highest BCUT2D eigenvalue weighted by molar-refractivity contribution is 7.80. The molecule has 3 nitrogen and oxygen atoms in total. The van der Waals surface area contributed by atoms with E-state index in [2.05, 4.69) is 46.7 Å². The van der Waals surface area contributed by atoms with Gasteiger partial charge in [0.15, 0.2) is 5.11 Å². The Bertz CT molecular complexity index is 570. The van der Waals surface area contributed by atoms with Gasteiger partial charge in [0.25, 0.3) is 0 Å². The van der Waals surface area contributed by atoms with Crippen LogP contribution in [0.3, 0.4) is 0 Å². The first-order valence-corrected chi connectivity index (χ1v) is 9.52. The summed E-state index contributed by atoms with van der Waals surface area (Å²) in [5.74, 6) is 0. The number of nitrogens with zero attached hydrogens (tertiary/aromatic N) is 1. The highest BCUT2D eigenvalue weighted by atomic mass is 32.1. The number of rotatable bonds is 3. The predicted molar refractivity (Wildman–Crippen MR) is 99.8 cm³/mol. The van der Waals surface area contributed by atoms with Crippen LogP contribution in [0.2, 0.25) is 0 Å². The van der Waals surface area contributed by atoms with Gasteiger partial charge >= 0.3 is 0 Å². The van der Waals surface area contributed by atoms with Gasteiger partial charge < -0.3 is 10.6 Å². The minimum absolute atomic E-state index is 0.532. The lowest BCUT2D eigenvalue weighted by molar-refractivity contribution is 0.0209. The Labute approximate surface area is 144 Å². The lowest BCUT2D eigenvalue weighted by atomic mass is 9.81. The lowest BCUT2D eigenvalue weighted by Gasteiger charge is -2.49. The van der Waals surface area contributed by atoms with Gasteiger partial charge in [0.1, 0.15) is 0 Å². The van der Waals surface area contributed by atoms with Crippen molar-refractivity contribution in [1.82, 2.24) is 10.2 Å². The Hall–Kier alpha value is -1.13. The zero-order valence-corrected chi connectivity index (χ0v) is 14.7. The van der Waals surface area contributed by atoms with Gasteiger partial charge in [-0.1, -0.05) is 24.6 Å². The van der Waals surface area contributed by atoms with E-state index in [1.807, 2.05) is 0 Å². The van der Waals surface area contributed by atoms with Gasteiger partial charge in [-0.2, -0.15) is 0 Å². The van der Waals surface area contributed by atoms with Crippen molar-refractivity contribution >= 4 is 23.0 Å². The van der Waals surface area contributed by atoms with Crippen LogP contribution in [0.4, 0.5) is 5.69 Å². The number of hydrogen-bond acceptors (Lipinski definition) is 2. The van der Waals surface area contributed by atoms with Crippen molar-refractivity contribution in [2.75, 3.05) is 5.32 Å². The minimum atomic E-state index is 0.532. The van der Waals surface area contributed by atoms with Crippen molar-refractivity contribution in [3.63, 3.8) is 0 Å². The Morgan fingerprint density at radius 3 is 2.39 bits per heavy atom. The SMILES string of the molecule is Cc1ccccc1NC(=S)NC1C[C@H]2CCC[C@H](C1)N2C1CC1. The van der Waals surface area contributed by atoms with E-state index in [-0.39, 0.29) is 0 Å². The standard InChI is InChI=1S/C19H27N3S/c1-13-5-2-3-8-18(13)21-19(23)20-14-11-16-6-4-7-17(12-14)22(16)15-9-10-15/h2-3,5,8,14-17H,4,6-7,9-12H2,1H3,(H2,20,21,23)/t16-,17-/m1/s1. The Morgan fingerprint density at radius 1 is 1.04 bits per heavy atom. The molecule has 3 fully saturated rings. The van der Waals surface area contributed by atoms with Crippen LogP contribution in [0.25, 0.3) is 0 Å². The van der Waals surface area contributed by atoms with Gasteiger partial charge in [-0.3, -0.25) is 4.90 Å². The average molecular weight is 330 g/mol. The summed E-state index contributed by atoms with van der Waals surface area (Å²) in [5, 5.41) is 7.75. The fourth-order valence-corrected chi connectivity index (χ4v) is 4.84. The first kappa shape index (κ1) is 15.4. The second-order valence-corrected chi connectivity index (χ2v) is 7.91. The number of anilines is 1. The number of para-hydroxylation sites is 1. The number of hydrogen-bond donors (Lipinski definition) is 2. The first-order chi connectivity index (χ1) is 11.2. The Morgan fingerprint density at radius 2 is 1.74 bits per heavy atom. The second-order valence-electron chi connectivity index (χ2n) is 7.50. The molecule has 4 heteroatoms. The summed E-state index contributed by atoms with van der Waals surface area (Å²) in [4.78, 5) is 2.86. The van der Waals surface area contributed by atoms with Crippen molar-refractivity contribution in [1.29, 1.82) is 0 Å². The van der Waals surface area contributed by atoms with E-state index in [4.69, 9.17) is 12.2 Å². The molecule has 1 aliphatic carbocycles. The summed E-state index contributed by atoms with van der Waals surface area (Å²) >= 11 is 5.57. The van der Waals surface area contributed by atoms with Gasteiger partial charge in [-0.15, -0.1) is 0 Å². The summed E-state index contributed by atoms with van der Waals surface area (Å²) < 4.78 is 0. The van der Waals surface area contributed by atoms with Crippen LogP contribution >= 0.6 is 12.2 Å². The van der Waals surface area contributed by atoms with Crippen molar-refractivity contribution in [2.45, 2.75) is 76.0 Å². The number of thiocarbonyl (C=S) groups is 1. The molecule has 0 amide bonds. The third kappa shape index (κ3) is 3.38. The molecule has 2 heterocycles. The smallest absolute Gasteiger partial charge is 0.171 e. The third-order valence-corrected chi connectivity index (χ3v) is 5.95. The molecule has 2 aliphatic heterocycles. The van der Waals surface area contributed by atoms with Crippen molar-refractivity contribution in [2.24, 2.45) is 0 Å². The fourth-order valence-electron chi connectivity index (χ4n) is 4.56. The van der Waals surface area contributed by atoms with E-state index < -0.39 is 0 Å². The molecule has 1 aromatic rings. The number of benzene rings is 1. The summed E-state index contributed by atoms with van der Waals surface area (Å²) in [6.45, 7) is 2.11. The third-order valence-electron chi connectivity index (χ3n) is 5.73. The molecule has 1 saturated carbocycles. The summed E-state index contributed by atoms with van der Waals surface area (Å²) in [7, 11) is 0. The first-order valence-electron chi connectivity index (χ1n) is 9.11. The number of fused-ring (bicyclic) bond motifs is 2. The van der Waals surface area contributed by atoms with Crippen LogP contribution in [0.1, 0.15) is 50.5 Å². The molecule has 2 saturated heterocycles. The maximum absolute atomic E-state index is 5.57. The van der Waals surface area contributed by atoms with Gasteiger partial charge in [-0.05, 0) is 69.3 Å². The molecule has 0 spiro atoms. The molecule has 124 valence electrons. The van der Waals surface area contributed by atoms with Crippen LogP contribution in [-0.4, -0.2) is 34.2 Å². The normalized spacial score (nSPS) is 30.7. The molecule has 1 aromatic carbocycles. The molecular weight excluding hydrogens is 302 g/mol. The number of piperidine rings is 2. The van der Waals surface area contributed by atoms with Gasteiger partial charge in [0, 0.05) is 29.9 Å². The van der Waals surface area contributed by atoms with Crippen molar-refractivity contribution in [3.05, 3.63) is 29.8 Å². The maximum Gasteiger partial charge on any atom is 0.171 e. The van der Waals surface area contributed by atoms with Crippen LogP contribution in [-0.2, 0) is 0 Å². The van der Waals surface area contributed by atoms with Crippen LogP contribution in [0.15, 0.2) is 24.3 Å². The highest BCUT2D eigenvalue weighted by Crippen LogP contribution is 2.41. The molecule has 2 atom stereocenters. The van der Waals surface area contributed by atoms with Gasteiger partial charge in [-0.25, -0.2) is 0 Å². The minimum Gasteiger partial charge on any atom is -0.360 e. The zero-order chi connectivity index (χ0) is 15.8. The summed E-state index contributed by atoms with van der Waals surface area (Å²) in [6, 6.07) is 11.3. The van der Waals surface area contributed by atoms with E-state index >= 15 is 0 Å². The number of aryl methyl sites for hydroxylation is 1. The van der Waals surface area contributed by atoms with Crippen LogP contribution < -0.4 is 10.6 Å². The number of nitrogens with one attached hydrogen (secondary N) is 2. The van der Waals surface area contributed by atoms with Crippen molar-refractivity contribution in [3.8, 4) is 0 Å². The monoisotopic (exact) mass is 329 g/mol. The zero-order valence-electron chi connectivity index (χ0n) is 13.9. The molecule has 23 heavy (non-hydrogen) atoms. The van der Waals surface area contributed by atoms with E-state index in [0.29, 0.717) is 6.04 Å². The van der Waals surface area contributed by atoms with Crippen LogP contribution in [0, 0.1) is 6.92 Å². The Kier molecular flexibility index (Phi) is 4.29. The van der Waals surface area contributed by atoms with Gasteiger partial charge in [0.05, 0.1) is 0 Å². The molecule has 2 bridgehead atoms.